The summed E-state index contributed by atoms with van der Waals surface area (Å²) in [6.07, 6.45) is 5.07. The van der Waals surface area contributed by atoms with Gasteiger partial charge in [-0.15, -0.1) is 0 Å². The summed E-state index contributed by atoms with van der Waals surface area (Å²) < 4.78 is 34.5. The number of ether oxygens (including phenoxy) is 1. The Bertz CT molecular complexity index is 877. The summed E-state index contributed by atoms with van der Waals surface area (Å²) in [4.78, 5) is 8.52. The zero-order valence-corrected chi connectivity index (χ0v) is 16.7. The Labute approximate surface area is 166 Å². The Morgan fingerprint density at radius 1 is 0.964 bits per heavy atom. The predicted octanol–water partition coefficient (Wildman–Crippen LogP) is 2.58. The highest BCUT2D eigenvalue weighted by atomic mass is 32.2. The van der Waals surface area contributed by atoms with Crippen molar-refractivity contribution in [1.82, 2.24) is 18.6 Å². The van der Waals surface area contributed by atoms with Crippen LogP contribution < -0.4 is 4.74 Å². The lowest BCUT2D eigenvalue weighted by molar-refractivity contribution is 0.177. The summed E-state index contributed by atoms with van der Waals surface area (Å²) in [7, 11) is -3.28. The van der Waals surface area contributed by atoms with Crippen molar-refractivity contribution in [3.8, 4) is 17.1 Å². The molecule has 0 saturated carbocycles. The molecule has 28 heavy (non-hydrogen) atoms. The zero-order chi connectivity index (χ0) is 19.4. The van der Waals surface area contributed by atoms with Crippen molar-refractivity contribution in [2.45, 2.75) is 25.7 Å². The third kappa shape index (κ3) is 4.34. The highest BCUT2D eigenvalue weighted by molar-refractivity contribution is 7.86. The Balaban J connectivity index is 1.30. The van der Waals surface area contributed by atoms with Gasteiger partial charge >= 0.3 is 0 Å². The quantitative estimate of drug-likeness (QED) is 0.742. The molecule has 0 spiro atoms. The minimum atomic E-state index is -3.28. The fourth-order valence-corrected chi connectivity index (χ4v) is 5.50. The summed E-state index contributed by atoms with van der Waals surface area (Å²) in [5.74, 6) is 0.890. The van der Waals surface area contributed by atoms with Gasteiger partial charge in [0.2, 0.25) is 5.88 Å². The standard InChI is InChI=1S/C20H26N4O3S/c25-28(26,23-10-4-5-11-23)24-12-8-17(9-13-24)15-27-20-14-19(21-16-22-20)18-6-2-1-3-7-18/h1-3,6-7,14,16-17H,4-5,8-13,15H2. The second-order valence-electron chi connectivity index (χ2n) is 7.37. The lowest BCUT2D eigenvalue weighted by atomic mass is 9.99. The second-order valence-corrected chi connectivity index (χ2v) is 9.30. The summed E-state index contributed by atoms with van der Waals surface area (Å²) in [5, 5.41) is 0. The van der Waals surface area contributed by atoms with E-state index < -0.39 is 10.2 Å². The molecule has 0 atom stereocenters. The Hall–Kier alpha value is -2.03. The molecular formula is C20H26N4O3S. The van der Waals surface area contributed by atoms with Gasteiger partial charge in [-0.05, 0) is 31.6 Å². The van der Waals surface area contributed by atoms with Crippen molar-refractivity contribution in [1.29, 1.82) is 0 Å². The van der Waals surface area contributed by atoms with Gasteiger partial charge in [0.15, 0.2) is 0 Å². The highest BCUT2D eigenvalue weighted by Crippen LogP contribution is 2.25. The van der Waals surface area contributed by atoms with Gasteiger partial charge in [-0.1, -0.05) is 30.3 Å². The van der Waals surface area contributed by atoms with E-state index in [0.29, 0.717) is 44.6 Å². The first-order chi connectivity index (χ1) is 13.6. The van der Waals surface area contributed by atoms with Crippen LogP contribution in [-0.2, 0) is 10.2 Å². The first-order valence-electron chi connectivity index (χ1n) is 9.88. The van der Waals surface area contributed by atoms with E-state index in [1.54, 1.807) is 8.61 Å². The van der Waals surface area contributed by atoms with Crippen LogP contribution >= 0.6 is 0 Å². The molecule has 1 aromatic carbocycles. The third-order valence-corrected chi connectivity index (χ3v) is 7.51. The van der Waals surface area contributed by atoms with E-state index in [4.69, 9.17) is 4.74 Å². The van der Waals surface area contributed by atoms with Gasteiger partial charge in [0, 0.05) is 37.8 Å². The maximum atomic E-state index is 12.6. The summed E-state index contributed by atoms with van der Waals surface area (Å²) in [6, 6.07) is 11.8. The molecule has 0 radical (unpaired) electrons. The average molecular weight is 403 g/mol. The number of hydrogen-bond donors (Lipinski definition) is 0. The molecule has 2 saturated heterocycles. The van der Waals surface area contributed by atoms with Crippen molar-refractivity contribution < 1.29 is 13.2 Å². The van der Waals surface area contributed by atoms with Crippen molar-refractivity contribution >= 4 is 10.2 Å². The van der Waals surface area contributed by atoms with Gasteiger partial charge < -0.3 is 4.74 Å². The Morgan fingerprint density at radius 2 is 1.64 bits per heavy atom. The Kier molecular flexibility index (Phi) is 5.89. The van der Waals surface area contributed by atoms with Gasteiger partial charge in [0.05, 0.1) is 12.3 Å². The normalized spacial score (nSPS) is 19.7. The largest absolute Gasteiger partial charge is 0.477 e. The third-order valence-electron chi connectivity index (χ3n) is 5.47. The van der Waals surface area contributed by atoms with Crippen LogP contribution in [0, 0.1) is 5.92 Å². The molecule has 4 rings (SSSR count). The molecule has 2 aliphatic heterocycles. The fraction of sp³-hybridized carbons (Fsp3) is 0.500. The van der Waals surface area contributed by atoms with Crippen molar-refractivity contribution in [3.63, 3.8) is 0 Å². The molecule has 2 aromatic rings. The first kappa shape index (κ1) is 19.3. The van der Waals surface area contributed by atoms with E-state index in [2.05, 4.69) is 9.97 Å². The lowest BCUT2D eigenvalue weighted by Crippen LogP contribution is -2.46. The Morgan fingerprint density at radius 3 is 2.36 bits per heavy atom. The predicted molar refractivity (Wildman–Crippen MR) is 107 cm³/mol. The highest BCUT2D eigenvalue weighted by Gasteiger charge is 2.34. The van der Waals surface area contributed by atoms with Crippen LogP contribution in [0.2, 0.25) is 0 Å². The van der Waals surface area contributed by atoms with Crippen LogP contribution in [0.25, 0.3) is 11.3 Å². The van der Waals surface area contributed by atoms with Crippen LogP contribution in [0.4, 0.5) is 0 Å². The van der Waals surface area contributed by atoms with Crippen molar-refractivity contribution in [3.05, 3.63) is 42.7 Å². The number of hydrogen-bond acceptors (Lipinski definition) is 5. The molecule has 2 fully saturated rings. The van der Waals surface area contributed by atoms with Crippen LogP contribution in [0.15, 0.2) is 42.7 Å². The van der Waals surface area contributed by atoms with Crippen molar-refractivity contribution in [2.24, 2.45) is 5.92 Å². The van der Waals surface area contributed by atoms with Gasteiger partial charge in [-0.2, -0.15) is 17.0 Å². The van der Waals surface area contributed by atoms with E-state index in [0.717, 1.165) is 36.9 Å². The molecule has 3 heterocycles. The van der Waals surface area contributed by atoms with Gasteiger partial charge in [-0.3, -0.25) is 0 Å². The minimum Gasteiger partial charge on any atom is -0.477 e. The summed E-state index contributed by atoms with van der Waals surface area (Å²) in [6.45, 7) is 2.98. The minimum absolute atomic E-state index is 0.333. The van der Waals surface area contributed by atoms with Crippen LogP contribution in [0.1, 0.15) is 25.7 Å². The van der Waals surface area contributed by atoms with Crippen molar-refractivity contribution in [2.75, 3.05) is 32.8 Å². The number of piperidine rings is 1. The van der Waals surface area contributed by atoms with E-state index in [1.807, 2.05) is 36.4 Å². The van der Waals surface area contributed by atoms with Gasteiger partial charge in [-0.25, -0.2) is 9.97 Å². The summed E-state index contributed by atoms with van der Waals surface area (Å²) >= 11 is 0. The molecule has 0 bridgehead atoms. The van der Waals surface area contributed by atoms with Gasteiger partial charge in [0.1, 0.15) is 6.33 Å². The molecule has 8 heteroatoms. The smallest absolute Gasteiger partial charge is 0.281 e. The molecule has 150 valence electrons. The van der Waals surface area contributed by atoms with E-state index in [1.165, 1.54) is 6.33 Å². The molecule has 7 nitrogen and oxygen atoms in total. The van der Waals surface area contributed by atoms with E-state index in [9.17, 15) is 8.42 Å². The average Bonchev–Trinajstić information content (AvgIpc) is 3.29. The lowest BCUT2D eigenvalue weighted by Gasteiger charge is -2.33. The van der Waals surface area contributed by atoms with Crippen LogP contribution in [0.5, 0.6) is 5.88 Å². The molecule has 1 aromatic heterocycles. The molecule has 0 unspecified atom stereocenters. The van der Waals surface area contributed by atoms with Gasteiger partial charge in [0.25, 0.3) is 10.2 Å². The molecular weight excluding hydrogens is 376 g/mol. The maximum Gasteiger partial charge on any atom is 0.281 e. The van der Waals surface area contributed by atoms with Crippen LogP contribution in [-0.4, -0.2) is 59.8 Å². The number of aromatic nitrogens is 2. The second kappa shape index (κ2) is 8.55. The number of benzene rings is 1. The van der Waals surface area contributed by atoms with Crippen LogP contribution in [0.3, 0.4) is 0 Å². The van der Waals surface area contributed by atoms with E-state index in [-0.39, 0.29) is 0 Å². The monoisotopic (exact) mass is 402 g/mol. The molecule has 2 aliphatic rings. The topological polar surface area (TPSA) is 75.6 Å². The zero-order valence-electron chi connectivity index (χ0n) is 15.9. The number of rotatable bonds is 6. The molecule has 0 aliphatic carbocycles. The molecule has 0 amide bonds. The SMILES string of the molecule is O=S(=O)(N1CCCC1)N1CCC(COc2cc(-c3ccccc3)ncn2)CC1. The maximum absolute atomic E-state index is 12.6. The van der Waals surface area contributed by atoms with E-state index >= 15 is 0 Å². The first-order valence-corrected chi connectivity index (χ1v) is 11.3. The fourth-order valence-electron chi connectivity index (χ4n) is 3.78. The summed E-state index contributed by atoms with van der Waals surface area (Å²) in [5.41, 5.74) is 1.85. The molecule has 0 N–H and O–H groups in total. The number of nitrogens with zero attached hydrogens (tertiary/aromatic N) is 4.